The summed E-state index contributed by atoms with van der Waals surface area (Å²) in [6.07, 6.45) is 3.59. The first-order valence-corrected chi connectivity index (χ1v) is 10.3. The van der Waals surface area contributed by atoms with Gasteiger partial charge in [0.1, 0.15) is 0 Å². The highest BCUT2D eigenvalue weighted by molar-refractivity contribution is 5.85. The average Bonchev–Trinajstić information content (AvgIpc) is 2.79. The highest BCUT2D eigenvalue weighted by Crippen LogP contribution is 2.24. The maximum atomic E-state index is 10.6. The van der Waals surface area contributed by atoms with Crippen molar-refractivity contribution in [1.82, 2.24) is 15.3 Å². The van der Waals surface area contributed by atoms with Gasteiger partial charge in [-0.15, -0.1) is 0 Å². The Morgan fingerprint density at radius 3 is 2.26 bits per heavy atom. The molecule has 5 nitrogen and oxygen atoms in total. The summed E-state index contributed by atoms with van der Waals surface area (Å²) in [5, 5.41) is 3.96. The van der Waals surface area contributed by atoms with Crippen LogP contribution in [0.25, 0.3) is 22.2 Å². The van der Waals surface area contributed by atoms with E-state index in [1.807, 2.05) is 36.4 Å². The normalized spacial score (nSPS) is 10.3. The van der Waals surface area contributed by atoms with Gasteiger partial charge in [-0.3, -0.25) is 9.78 Å². The van der Waals surface area contributed by atoms with Crippen LogP contribution in [0.3, 0.4) is 0 Å². The molecule has 0 aliphatic heterocycles. The Hall–Kier alpha value is -3.57. The Labute approximate surface area is 183 Å². The van der Waals surface area contributed by atoms with Crippen LogP contribution in [0.15, 0.2) is 73.1 Å². The van der Waals surface area contributed by atoms with Gasteiger partial charge < -0.3 is 11.1 Å². The van der Waals surface area contributed by atoms with Crippen molar-refractivity contribution in [2.45, 2.75) is 33.9 Å². The van der Waals surface area contributed by atoms with Gasteiger partial charge in [-0.25, -0.2) is 4.98 Å². The minimum atomic E-state index is -0.0112. The van der Waals surface area contributed by atoms with Crippen LogP contribution in [0.4, 0.5) is 0 Å². The molecular weight excluding hydrogens is 384 g/mol. The highest BCUT2D eigenvalue weighted by Gasteiger charge is 2.05. The van der Waals surface area contributed by atoms with E-state index in [-0.39, 0.29) is 5.91 Å². The largest absolute Gasteiger partial charge is 0.352 e. The van der Waals surface area contributed by atoms with Crippen molar-refractivity contribution in [2.75, 3.05) is 0 Å². The van der Waals surface area contributed by atoms with Gasteiger partial charge in [-0.2, -0.15) is 0 Å². The molecule has 0 spiro atoms. The predicted molar refractivity (Wildman–Crippen MR) is 126 cm³/mol. The number of rotatable bonds is 4. The predicted octanol–water partition coefficient (Wildman–Crippen LogP) is 4.70. The number of hydrogen-bond acceptors (Lipinski definition) is 4. The zero-order valence-electron chi connectivity index (χ0n) is 18.2. The molecular formula is C26H28N4O. The zero-order valence-corrected chi connectivity index (χ0v) is 18.2. The van der Waals surface area contributed by atoms with Crippen molar-refractivity contribution in [3.8, 4) is 11.3 Å². The second kappa shape index (κ2) is 10.5. The van der Waals surface area contributed by atoms with E-state index in [0.717, 1.165) is 27.9 Å². The number of carbonyl (C=O) groups is 1. The number of benzene rings is 2. The summed E-state index contributed by atoms with van der Waals surface area (Å²) in [4.78, 5) is 19.4. The van der Waals surface area contributed by atoms with Crippen LogP contribution in [-0.2, 0) is 17.9 Å². The van der Waals surface area contributed by atoms with E-state index in [1.165, 1.54) is 23.4 Å². The topological polar surface area (TPSA) is 80.9 Å². The molecule has 0 fully saturated rings. The molecule has 5 heteroatoms. The van der Waals surface area contributed by atoms with Crippen LogP contribution >= 0.6 is 0 Å². The molecule has 2 aromatic carbocycles. The Morgan fingerprint density at radius 1 is 0.935 bits per heavy atom. The Morgan fingerprint density at radius 2 is 1.61 bits per heavy atom. The molecule has 0 saturated carbocycles. The number of nitrogens with one attached hydrogen (secondary N) is 1. The first-order valence-electron chi connectivity index (χ1n) is 10.3. The second-order valence-electron chi connectivity index (χ2n) is 7.51. The minimum Gasteiger partial charge on any atom is -0.352 e. The van der Waals surface area contributed by atoms with E-state index < -0.39 is 0 Å². The minimum absolute atomic E-state index is 0.0112. The summed E-state index contributed by atoms with van der Waals surface area (Å²) in [6, 6.07) is 20.4. The third kappa shape index (κ3) is 6.20. The van der Waals surface area contributed by atoms with E-state index in [2.05, 4.69) is 48.4 Å². The maximum Gasteiger partial charge on any atom is 0.217 e. The van der Waals surface area contributed by atoms with Crippen LogP contribution < -0.4 is 11.1 Å². The molecule has 2 aromatic heterocycles. The smallest absolute Gasteiger partial charge is 0.217 e. The molecule has 31 heavy (non-hydrogen) atoms. The lowest BCUT2D eigenvalue weighted by molar-refractivity contribution is -0.119. The number of hydrogen-bond donors (Lipinski definition) is 2. The maximum absolute atomic E-state index is 10.6. The van der Waals surface area contributed by atoms with Gasteiger partial charge in [0.05, 0.1) is 11.2 Å². The average molecular weight is 413 g/mol. The molecule has 0 radical (unpaired) electrons. The summed E-state index contributed by atoms with van der Waals surface area (Å²) in [5.74, 6) is -0.0112. The molecule has 1 amide bonds. The number of nitrogens with two attached hydrogens (primary N) is 1. The lowest BCUT2D eigenvalue weighted by Crippen LogP contribution is -2.18. The molecule has 4 rings (SSSR count). The Balaban J connectivity index is 0.000000187. The number of aryl methyl sites for hydroxylation is 2. The summed E-state index contributed by atoms with van der Waals surface area (Å²) in [7, 11) is 0. The fourth-order valence-electron chi connectivity index (χ4n) is 3.20. The summed E-state index contributed by atoms with van der Waals surface area (Å²) in [6.45, 7) is 6.89. The van der Waals surface area contributed by atoms with Crippen molar-refractivity contribution in [1.29, 1.82) is 0 Å². The number of amides is 1. The lowest BCUT2D eigenvalue weighted by atomic mass is 10.0. The molecule has 0 saturated heterocycles. The van der Waals surface area contributed by atoms with E-state index >= 15 is 0 Å². The van der Waals surface area contributed by atoms with Gasteiger partial charge >= 0.3 is 0 Å². The number of fused-ring (bicyclic) bond motifs is 1. The fraction of sp³-hybridized carbons (Fsp3) is 0.192. The van der Waals surface area contributed by atoms with Crippen LogP contribution in [0.5, 0.6) is 0 Å². The van der Waals surface area contributed by atoms with Gasteiger partial charge in [-0.1, -0.05) is 35.9 Å². The third-order valence-corrected chi connectivity index (χ3v) is 4.95. The lowest BCUT2D eigenvalue weighted by Gasteiger charge is -2.07. The van der Waals surface area contributed by atoms with E-state index in [0.29, 0.717) is 13.1 Å². The van der Waals surface area contributed by atoms with Crippen molar-refractivity contribution >= 4 is 16.8 Å². The van der Waals surface area contributed by atoms with Gasteiger partial charge in [-0.05, 0) is 60.9 Å². The highest BCUT2D eigenvalue weighted by atomic mass is 16.1. The Kier molecular flexibility index (Phi) is 7.46. The van der Waals surface area contributed by atoms with Gasteiger partial charge in [0, 0.05) is 43.4 Å². The first kappa shape index (κ1) is 22.1. The van der Waals surface area contributed by atoms with E-state index in [4.69, 9.17) is 10.7 Å². The molecule has 0 atom stereocenters. The zero-order chi connectivity index (χ0) is 22.2. The number of aromatic nitrogens is 2. The monoisotopic (exact) mass is 412 g/mol. The number of pyridine rings is 2. The van der Waals surface area contributed by atoms with Gasteiger partial charge in [0.15, 0.2) is 0 Å². The molecule has 0 aliphatic rings. The van der Waals surface area contributed by atoms with Crippen LogP contribution in [0.2, 0.25) is 0 Å². The number of carbonyl (C=O) groups excluding carboxylic acids is 1. The third-order valence-electron chi connectivity index (χ3n) is 4.95. The molecule has 4 aromatic rings. The second-order valence-corrected chi connectivity index (χ2v) is 7.51. The van der Waals surface area contributed by atoms with E-state index in [9.17, 15) is 4.79 Å². The van der Waals surface area contributed by atoms with Crippen molar-refractivity contribution in [3.05, 3.63) is 95.3 Å². The Bertz CT molecular complexity index is 1160. The molecule has 2 heterocycles. The van der Waals surface area contributed by atoms with Crippen LogP contribution in [0, 0.1) is 13.8 Å². The number of nitrogens with zero attached hydrogens (tertiary/aromatic N) is 2. The van der Waals surface area contributed by atoms with Crippen LogP contribution in [-0.4, -0.2) is 15.9 Å². The first-order chi connectivity index (χ1) is 15.0. The standard InChI is InChI=1S/C16H14N2.C10H14N2O/c1-11-3-4-15-14(9-11)12(2)10-16(18-15)13-5-7-17-8-6-13;1-8(13)12-7-10-4-2-9(6-11)3-5-10/h3-10H,1-2H3;2-5H,6-7,11H2,1H3,(H,12,13). The van der Waals surface area contributed by atoms with Crippen molar-refractivity contribution in [2.24, 2.45) is 5.73 Å². The van der Waals surface area contributed by atoms with Crippen molar-refractivity contribution < 1.29 is 4.79 Å². The fourth-order valence-corrected chi connectivity index (χ4v) is 3.20. The summed E-state index contributed by atoms with van der Waals surface area (Å²) >= 11 is 0. The van der Waals surface area contributed by atoms with E-state index in [1.54, 1.807) is 12.4 Å². The van der Waals surface area contributed by atoms with Gasteiger partial charge in [0.25, 0.3) is 0 Å². The molecule has 0 aliphatic carbocycles. The van der Waals surface area contributed by atoms with Gasteiger partial charge in [0.2, 0.25) is 5.91 Å². The quantitative estimate of drug-likeness (QED) is 0.509. The summed E-state index contributed by atoms with van der Waals surface area (Å²) in [5.41, 5.74) is 13.3. The molecule has 158 valence electrons. The SMILES string of the molecule is CC(=O)NCc1ccc(CN)cc1.Cc1ccc2nc(-c3ccncc3)cc(C)c2c1. The summed E-state index contributed by atoms with van der Waals surface area (Å²) < 4.78 is 0. The molecule has 0 unspecified atom stereocenters. The molecule has 0 bridgehead atoms. The van der Waals surface area contributed by atoms with Crippen molar-refractivity contribution in [3.63, 3.8) is 0 Å². The molecule has 3 N–H and O–H groups in total. The van der Waals surface area contributed by atoms with Crippen LogP contribution in [0.1, 0.15) is 29.2 Å².